The summed E-state index contributed by atoms with van der Waals surface area (Å²) in [5.41, 5.74) is 5.74. The highest BCUT2D eigenvalue weighted by Gasteiger charge is 2.24. The molecule has 0 amide bonds. The summed E-state index contributed by atoms with van der Waals surface area (Å²) < 4.78 is 30.2. The average Bonchev–Trinajstić information content (AvgIpc) is 3.50. The first-order chi connectivity index (χ1) is 14.5. The number of hydrogen-bond acceptors (Lipinski definition) is 6. The zero-order valence-electron chi connectivity index (χ0n) is 15.1. The average molecular weight is 422 g/mol. The summed E-state index contributed by atoms with van der Waals surface area (Å²) >= 11 is 1.39. The lowest BCUT2D eigenvalue weighted by Crippen LogP contribution is -2.09. The number of halogens is 2. The van der Waals surface area contributed by atoms with Gasteiger partial charge < -0.3 is 10.7 Å². The molecule has 5 aromatic rings. The van der Waals surface area contributed by atoms with Gasteiger partial charge in [-0.25, -0.2) is 23.4 Å². The van der Waals surface area contributed by atoms with Crippen LogP contribution in [0.15, 0.2) is 55.2 Å². The first kappa shape index (κ1) is 18.1. The molecule has 0 aliphatic carbocycles. The van der Waals surface area contributed by atoms with E-state index >= 15 is 0 Å². The molecular weight excluding hydrogens is 410 g/mol. The lowest BCUT2D eigenvalue weighted by atomic mass is 10.0. The minimum atomic E-state index is -1.08. The van der Waals surface area contributed by atoms with E-state index in [4.69, 9.17) is 5.73 Å². The second-order valence-corrected chi connectivity index (χ2v) is 7.44. The summed E-state index contributed by atoms with van der Waals surface area (Å²) in [6.45, 7) is 0. The van der Waals surface area contributed by atoms with Gasteiger partial charge in [-0.2, -0.15) is 5.10 Å². The number of fused-ring (bicyclic) bond motifs is 1. The number of benzene rings is 1. The fraction of sp³-hybridized carbons (Fsp3) is 0. The summed E-state index contributed by atoms with van der Waals surface area (Å²) in [7, 11) is 0. The normalized spacial score (nSPS) is 11.3. The van der Waals surface area contributed by atoms with Crippen molar-refractivity contribution in [1.29, 1.82) is 0 Å². The van der Waals surface area contributed by atoms with Crippen LogP contribution in [0.5, 0.6) is 0 Å². The molecule has 0 aliphatic rings. The molecule has 0 spiro atoms. The number of nitrogens with zero attached hydrogens (tertiary/aromatic N) is 4. The first-order valence-electron chi connectivity index (χ1n) is 8.74. The molecule has 3 N–H and O–H groups in total. The molecule has 30 heavy (non-hydrogen) atoms. The largest absolute Gasteiger partial charge is 0.396 e. The third kappa shape index (κ3) is 2.85. The van der Waals surface area contributed by atoms with Gasteiger partial charge in [0.05, 0.1) is 16.1 Å². The molecule has 0 atom stereocenters. The van der Waals surface area contributed by atoms with Crippen molar-refractivity contribution < 1.29 is 13.6 Å². The van der Waals surface area contributed by atoms with Crippen molar-refractivity contribution in [1.82, 2.24) is 24.7 Å². The number of nitrogens with one attached hydrogen (secondary N) is 1. The van der Waals surface area contributed by atoms with Gasteiger partial charge in [-0.1, -0.05) is 11.3 Å². The maximum atomic E-state index is 14.4. The van der Waals surface area contributed by atoms with Crippen LogP contribution < -0.4 is 5.73 Å². The van der Waals surface area contributed by atoms with Gasteiger partial charge in [0.2, 0.25) is 10.9 Å². The standard InChI is InChI=1S/C20H12F2N6OS/c21-13-2-3-14(23)17(22)16(13)18(29)12-8-25-19-11(12)6-10(7-24-19)15-9-26-20(30-15)28-5-1-4-27-28/h1-9H,23H2,(H,24,25). The summed E-state index contributed by atoms with van der Waals surface area (Å²) in [4.78, 5) is 25.3. The lowest BCUT2D eigenvalue weighted by Gasteiger charge is -2.06. The second-order valence-electron chi connectivity index (χ2n) is 6.43. The number of nitrogen functional groups attached to an aromatic ring is 1. The van der Waals surface area contributed by atoms with Crippen LogP contribution in [-0.2, 0) is 0 Å². The Morgan fingerprint density at radius 3 is 2.87 bits per heavy atom. The highest BCUT2D eigenvalue weighted by Crippen LogP contribution is 2.31. The first-order valence-corrected chi connectivity index (χ1v) is 9.56. The third-order valence-electron chi connectivity index (χ3n) is 4.60. The Balaban J connectivity index is 1.59. The highest BCUT2D eigenvalue weighted by atomic mass is 32.1. The molecular formula is C20H12F2N6OS. The van der Waals surface area contributed by atoms with E-state index < -0.39 is 23.0 Å². The van der Waals surface area contributed by atoms with Crippen LogP contribution in [0.1, 0.15) is 15.9 Å². The Kier molecular flexibility index (Phi) is 4.14. The zero-order valence-corrected chi connectivity index (χ0v) is 16.0. The Bertz CT molecular complexity index is 1410. The SMILES string of the molecule is Nc1ccc(F)c(C(=O)c2c[nH]c3ncc(-c4cnc(-n5cccn5)s4)cc23)c1F. The summed E-state index contributed by atoms with van der Waals surface area (Å²) in [5, 5.41) is 5.26. The number of hydrogen-bond donors (Lipinski definition) is 2. The highest BCUT2D eigenvalue weighted by molar-refractivity contribution is 7.17. The molecule has 0 unspecified atom stereocenters. The number of pyridine rings is 1. The van der Waals surface area contributed by atoms with E-state index in [1.54, 1.807) is 41.6 Å². The van der Waals surface area contributed by atoms with Crippen molar-refractivity contribution in [2.45, 2.75) is 0 Å². The third-order valence-corrected chi connectivity index (χ3v) is 5.64. The van der Waals surface area contributed by atoms with Gasteiger partial charge >= 0.3 is 0 Å². The van der Waals surface area contributed by atoms with E-state index in [0.29, 0.717) is 21.7 Å². The molecule has 0 saturated heterocycles. The minimum absolute atomic E-state index is 0.0968. The number of thiazole rings is 1. The Morgan fingerprint density at radius 1 is 1.20 bits per heavy atom. The Hall–Kier alpha value is -3.92. The maximum absolute atomic E-state index is 14.4. The fourth-order valence-corrected chi connectivity index (χ4v) is 3.96. The summed E-state index contributed by atoms with van der Waals surface area (Å²) in [6, 6.07) is 5.57. The van der Waals surface area contributed by atoms with Crippen molar-refractivity contribution in [2.75, 3.05) is 5.73 Å². The van der Waals surface area contributed by atoms with Gasteiger partial charge in [-0.15, -0.1) is 0 Å². The van der Waals surface area contributed by atoms with E-state index in [1.165, 1.54) is 17.5 Å². The minimum Gasteiger partial charge on any atom is -0.396 e. The Labute approximate surface area is 171 Å². The monoisotopic (exact) mass is 422 g/mol. The molecule has 0 radical (unpaired) electrons. The van der Waals surface area contributed by atoms with Crippen LogP contribution in [0.25, 0.3) is 26.6 Å². The lowest BCUT2D eigenvalue weighted by molar-refractivity contribution is 0.103. The van der Waals surface area contributed by atoms with Crippen molar-refractivity contribution in [3.05, 3.63) is 78.0 Å². The van der Waals surface area contributed by atoms with E-state index in [1.807, 2.05) is 0 Å². The number of aromatic amines is 1. The van der Waals surface area contributed by atoms with E-state index in [0.717, 1.165) is 17.0 Å². The molecule has 7 nitrogen and oxygen atoms in total. The number of ketones is 1. The van der Waals surface area contributed by atoms with Gasteiger partial charge in [0.15, 0.2) is 5.82 Å². The maximum Gasteiger partial charge on any atom is 0.210 e. The number of nitrogens with two attached hydrogens (primary N) is 1. The van der Waals surface area contributed by atoms with Crippen LogP contribution in [0.4, 0.5) is 14.5 Å². The van der Waals surface area contributed by atoms with Crippen LogP contribution >= 0.6 is 11.3 Å². The van der Waals surface area contributed by atoms with Gasteiger partial charge in [0, 0.05) is 47.5 Å². The summed E-state index contributed by atoms with van der Waals surface area (Å²) in [6.07, 6.45) is 8.13. The van der Waals surface area contributed by atoms with Crippen molar-refractivity contribution >= 4 is 33.8 Å². The molecule has 0 aliphatic heterocycles. The molecule has 5 rings (SSSR count). The smallest absolute Gasteiger partial charge is 0.210 e. The topological polar surface area (TPSA) is 102 Å². The quantitative estimate of drug-likeness (QED) is 0.337. The molecule has 0 fully saturated rings. The molecule has 148 valence electrons. The van der Waals surface area contributed by atoms with E-state index in [-0.39, 0.29) is 11.3 Å². The van der Waals surface area contributed by atoms with Gasteiger partial charge in [0.25, 0.3) is 0 Å². The van der Waals surface area contributed by atoms with Gasteiger partial charge in [-0.3, -0.25) is 4.79 Å². The number of H-pyrrole nitrogens is 1. The number of carbonyl (C=O) groups excluding carboxylic acids is 1. The van der Waals surface area contributed by atoms with Crippen molar-refractivity contribution in [3.63, 3.8) is 0 Å². The van der Waals surface area contributed by atoms with Crippen molar-refractivity contribution in [3.8, 4) is 15.6 Å². The molecule has 4 aromatic heterocycles. The fourth-order valence-electron chi connectivity index (χ4n) is 3.12. The molecule has 0 bridgehead atoms. The number of aromatic nitrogens is 5. The van der Waals surface area contributed by atoms with Crippen LogP contribution in [-0.4, -0.2) is 30.5 Å². The van der Waals surface area contributed by atoms with Gasteiger partial charge in [-0.05, 0) is 24.3 Å². The Morgan fingerprint density at radius 2 is 2.07 bits per heavy atom. The predicted molar refractivity (Wildman–Crippen MR) is 109 cm³/mol. The summed E-state index contributed by atoms with van der Waals surface area (Å²) in [5.74, 6) is -2.87. The van der Waals surface area contributed by atoms with Crippen LogP contribution in [0, 0.1) is 11.6 Å². The second kappa shape index (κ2) is 6.85. The number of rotatable bonds is 4. The molecule has 0 saturated carbocycles. The van der Waals surface area contributed by atoms with Crippen molar-refractivity contribution in [2.24, 2.45) is 0 Å². The molecule has 4 heterocycles. The number of anilines is 1. The van der Waals surface area contributed by atoms with E-state index in [2.05, 4.69) is 20.1 Å². The van der Waals surface area contributed by atoms with E-state index in [9.17, 15) is 13.6 Å². The van der Waals surface area contributed by atoms with Crippen LogP contribution in [0.3, 0.4) is 0 Å². The van der Waals surface area contributed by atoms with Crippen LogP contribution in [0.2, 0.25) is 0 Å². The number of carbonyl (C=O) groups is 1. The van der Waals surface area contributed by atoms with Gasteiger partial charge in [0.1, 0.15) is 11.5 Å². The molecule has 10 heteroatoms. The predicted octanol–water partition coefficient (Wildman–Crippen LogP) is 3.96. The zero-order chi connectivity index (χ0) is 20.8. The molecule has 1 aromatic carbocycles.